The van der Waals surface area contributed by atoms with E-state index in [0.717, 1.165) is 12.5 Å². The van der Waals surface area contributed by atoms with Crippen LogP contribution in [0.3, 0.4) is 0 Å². The van der Waals surface area contributed by atoms with E-state index < -0.39 is 11.6 Å². The predicted octanol–water partition coefficient (Wildman–Crippen LogP) is 3.80. The Bertz CT molecular complexity index is 392. The molecule has 1 aliphatic rings. The summed E-state index contributed by atoms with van der Waals surface area (Å²) in [5.74, 6) is -0.343. The molecule has 1 aromatic carbocycles. The lowest BCUT2D eigenvalue weighted by atomic mass is 10.0. The number of hydrogen-bond donors (Lipinski definition) is 1. The smallest absolute Gasteiger partial charge is 0.130 e. The first kappa shape index (κ1) is 12.5. The summed E-state index contributed by atoms with van der Waals surface area (Å²) in [6, 6.07) is 4.18. The van der Waals surface area contributed by atoms with Gasteiger partial charge in [-0.05, 0) is 31.7 Å². The van der Waals surface area contributed by atoms with E-state index in [2.05, 4.69) is 12.2 Å². The van der Waals surface area contributed by atoms with Crippen molar-refractivity contribution >= 4 is 0 Å². The minimum absolute atomic E-state index is 0.0684. The summed E-state index contributed by atoms with van der Waals surface area (Å²) in [5.41, 5.74) is 0.547. The number of hydrogen-bond acceptors (Lipinski definition) is 1. The number of halogens is 2. The normalized spacial score (nSPS) is 26.1. The first-order valence-corrected chi connectivity index (χ1v) is 6.29. The largest absolute Gasteiger partial charge is 0.307 e. The highest BCUT2D eigenvalue weighted by Gasteiger charge is 2.25. The Hall–Kier alpha value is -0.960. The molecule has 0 saturated heterocycles. The van der Waals surface area contributed by atoms with Crippen molar-refractivity contribution in [3.63, 3.8) is 0 Å². The van der Waals surface area contributed by atoms with Crippen LogP contribution in [0.2, 0.25) is 0 Å². The molecule has 1 nitrogen and oxygen atoms in total. The van der Waals surface area contributed by atoms with Crippen LogP contribution in [-0.2, 0) is 0 Å². The molecule has 1 N–H and O–H groups in total. The summed E-state index contributed by atoms with van der Waals surface area (Å²) < 4.78 is 26.4. The van der Waals surface area contributed by atoms with Crippen molar-refractivity contribution in [1.82, 2.24) is 5.32 Å². The molecule has 1 saturated carbocycles. The number of benzene rings is 1. The fraction of sp³-hybridized carbons (Fsp3) is 0.571. The zero-order valence-corrected chi connectivity index (χ0v) is 10.3. The van der Waals surface area contributed by atoms with E-state index in [-0.39, 0.29) is 6.04 Å². The van der Waals surface area contributed by atoms with E-state index in [1.807, 2.05) is 6.92 Å². The number of rotatable bonds is 3. The lowest BCUT2D eigenvalue weighted by molar-refractivity contribution is 0.381. The van der Waals surface area contributed by atoms with E-state index >= 15 is 0 Å². The highest BCUT2D eigenvalue weighted by Crippen LogP contribution is 2.28. The average Bonchev–Trinajstić information content (AvgIpc) is 2.64. The van der Waals surface area contributed by atoms with Crippen LogP contribution in [0.25, 0.3) is 0 Å². The fourth-order valence-corrected chi connectivity index (χ4v) is 2.66. The van der Waals surface area contributed by atoms with Crippen LogP contribution in [0, 0.1) is 17.6 Å². The molecule has 0 spiro atoms. The molecule has 0 heterocycles. The van der Waals surface area contributed by atoms with Gasteiger partial charge in [0.1, 0.15) is 11.6 Å². The quantitative estimate of drug-likeness (QED) is 0.846. The Balaban J connectivity index is 2.06. The van der Waals surface area contributed by atoms with Gasteiger partial charge >= 0.3 is 0 Å². The second kappa shape index (κ2) is 5.13. The van der Waals surface area contributed by atoms with E-state index in [4.69, 9.17) is 0 Å². The molecule has 1 fully saturated rings. The van der Waals surface area contributed by atoms with Crippen LogP contribution in [0.4, 0.5) is 8.78 Å². The summed E-state index contributed by atoms with van der Waals surface area (Å²) in [6.45, 7) is 4.15. The Morgan fingerprint density at radius 1 is 1.29 bits per heavy atom. The standard InChI is InChI=1S/C14H19F2N/c1-9-4-3-5-14(9)17-10(2)12-7-6-11(15)8-13(12)16/h6-10,14,17H,3-5H2,1-2H3. The maximum atomic E-state index is 13.6. The van der Waals surface area contributed by atoms with Gasteiger partial charge in [-0.2, -0.15) is 0 Å². The third kappa shape index (κ3) is 2.83. The van der Waals surface area contributed by atoms with Gasteiger partial charge in [-0.1, -0.05) is 19.4 Å². The first-order chi connectivity index (χ1) is 8.08. The van der Waals surface area contributed by atoms with Crippen LogP contribution in [0.1, 0.15) is 44.7 Å². The van der Waals surface area contributed by atoms with Gasteiger partial charge in [-0.25, -0.2) is 8.78 Å². The van der Waals surface area contributed by atoms with Crippen molar-refractivity contribution in [2.24, 2.45) is 5.92 Å². The molecule has 2 rings (SSSR count). The van der Waals surface area contributed by atoms with Gasteiger partial charge < -0.3 is 5.32 Å². The topological polar surface area (TPSA) is 12.0 Å². The second-order valence-electron chi connectivity index (χ2n) is 5.07. The van der Waals surface area contributed by atoms with Crippen molar-refractivity contribution < 1.29 is 8.78 Å². The molecule has 94 valence electrons. The number of nitrogens with one attached hydrogen (secondary N) is 1. The fourth-order valence-electron chi connectivity index (χ4n) is 2.66. The molecule has 3 heteroatoms. The van der Waals surface area contributed by atoms with Crippen LogP contribution in [0.15, 0.2) is 18.2 Å². The van der Waals surface area contributed by atoms with Gasteiger partial charge in [0.05, 0.1) is 0 Å². The van der Waals surface area contributed by atoms with Gasteiger partial charge in [-0.3, -0.25) is 0 Å². The molecule has 17 heavy (non-hydrogen) atoms. The molecule has 3 atom stereocenters. The lowest BCUT2D eigenvalue weighted by Crippen LogP contribution is -2.33. The van der Waals surface area contributed by atoms with Crippen molar-refractivity contribution in [2.45, 2.75) is 45.2 Å². The average molecular weight is 239 g/mol. The van der Waals surface area contributed by atoms with Crippen LogP contribution < -0.4 is 5.32 Å². The predicted molar refractivity (Wildman–Crippen MR) is 64.7 cm³/mol. The summed E-state index contributed by atoms with van der Waals surface area (Å²) in [7, 11) is 0. The van der Waals surface area contributed by atoms with E-state index in [9.17, 15) is 8.78 Å². The molecular formula is C14H19F2N. The molecule has 0 amide bonds. The van der Waals surface area contributed by atoms with Gasteiger partial charge in [0, 0.05) is 23.7 Å². The summed E-state index contributed by atoms with van der Waals surface area (Å²) >= 11 is 0. The van der Waals surface area contributed by atoms with Crippen molar-refractivity contribution in [3.05, 3.63) is 35.4 Å². The lowest BCUT2D eigenvalue weighted by Gasteiger charge is -2.23. The minimum Gasteiger partial charge on any atom is -0.307 e. The molecule has 0 aromatic heterocycles. The highest BCUT2D eigenvalue weighted by molar-refractivity contribution is 5.21. The van der Waals surface area contributed by atoms with Gasteiger partial charge in [0.25, 0.3) is 0 Å². The van der Waals surface area contributed by atoms with Crippen LogP contribution in [-0.4, -0.2) is 6.04 Å². The molecule has 0 bridgehead atoms. The highest BCUT2D eigenvalue weighted by atomic mass is 19.1. The maximum absolute atomic E-state index is 13.6. The summed E-state index contributed by atoms with van der Waals surface area (Å²) in [6.07, 6.45) is 3.61. The molecule has 1 aromatic rings. The van der Waals surface area contributed by atoms with Crippen molar-refractivity contribution in [3.8, 4) is 0 Å². The van der Waals surface area contributed by atoms with Crippen molar-refractivity contribution in [1.29, 1.82) is 0 Å². The van der Waals surface area contributed by atoms with E-state index in [1.54, 1.807) is 0 Å². The van der Waals surface area contributed by atoms with Gasteiger partial charge in [-0.15, -0.1) is 0 Å². The molecule has 1 aliphatic carbocycles. The Morgan fingerprint density at radius 3 is 2.65 bits per heavy atom. The van der Waals surface area contributed by atoms with Crippen LogP contribution >= 0.6 is 0 Å². The van der Waals surface area contributed by atoms with Gasteiger partial charge in [0.15, 0.2) is 0 Å². The Kier molecular flexibility index (Phi) is 3.77. The Morgan fingerprint density at radius 2 is 2.06 bits per heavy atom. The van der Waals surface area contributed by atoms with Gasteiger partial charge in [0.2, 0.25) is 0 Å². The SMILES string of the molecule is CC(NC1CCCC1C)c1ccc(F)cc1F. The third-order valence-electron chi connectivity index (χ3n) is 3.75. The summed E-state index contributed by atoms with van der Waals surface area (Å²) in [4.78, 5) is 0. The first-order valence-electron chi connectivity index (χ1n) is 6.29. The maximum Gasteiger partial charge on any atom is 0.130 e. The molecule has 0 aliphatic heterocycles. The monoisotopic (exact) mass is 239 g/mol. The molecule has 3 unspecified atom stereocenters. The van der Waals surface area contributed by atoms with E-state index in [1.165, 1.54) is 25.0 Å². The summed E-state index contributed by atoms with van der Waals surface area (Å²) in [5, 5.41) is 3.44. The molecular weight excluding hydrogens is 220 g/mol. The second-order valence-corrected chi connectivity index (χ2v) is 5.07. The zero-order valence-electron chi connectivity index (χ0n) is 10.3. The molecule has 0 radical (unpaired) electrons. The van der Waals surface area contributed by atoms with Crippen LogP contribution in [0.5, 0.6) is 0 Å². The zero-order chi connectivity index (χ0) is 12.4. The third-order valence-corrected chi connectivity index (χ3v) is 3.75. The minimum atomic E-state index is -0.521. The van der Waals surface area contributed by atoms with E-state index in [0.29, 0.717) is 17.5 Å². The van der Waals surface area contributed by atoms with Crippen molar-refractivity contribution in [2.75, 3.05) is 0 Å². The Labute approximate surface area is 101 Å².